The first-order valence-corrected chi connectivity index (χ1v) is 7.64. The summed E-state index contributed by atoms with van der Waals surface area (Å²) in [5, 5.41) is 0. The highest BCUT2D eigenvalue weighted by Crippen LogP contribution is 2.21. The Kier molecular flexibility index (Phi) is 13.1. The van der Waals surface area contributed by atoms with Crippen molar-refractivity contribution in [2.45, 2.75) is 90.9 Å². The van der Waals surface area contributed by atoms with E-state index in [1.54, 1.807) is 0 Å². The summed E-state index contributed by atoms with van der Waals surface area (Å²) < 4.78 is 0. The summed E-state index contributed by atoms with van der Waals surface area (Å²) in [6.07, 6.45) is 16.8. The molecule has 0 aromatic heterocycles. The maximum absolute atomic E-state index is 4.00. The van der Waals surface area contributed by atoms with E-state index in [0.29, 0.717) is 0 Å². The molecule has 1 atom stereocenters. The van der Waals surface area contributed by atoms with Crippen LogP contribution in [-0.4, -0.2) is 0 Å². The Hall–Kier alpha value is 0. The van der Waals surface area contributed by atoms with E-state index >= 15 is 0 Å². The zero-order chi connectivity index (χ0) is 12.1. The van der Waals surface area contributed by atoms with Gasteiger partial charge in [0, 0.05) is 0 Å². The quantitative estimate of drug-likeness (QED) is 0.349. The maximum Gasteiger partial charge on any atom is -0.0414 e. The molecule has 0 aliphatic heterocycles. The molecule has 0 fully saturated rings. The van der Waals surface area contributed by atoms with Gasteiger partial charge < -0.3 is 0 Å². The van der Waals surface area contributed by atoms with Gasteiger partial charge in [0.05, 0.1) is 0 Å². The second kappa shape index (κ2) is 13.1. The summed E-state index contributed by atoms with van der Waals surface area (Å²) in [4.78, 5) is 0. The smallest absolute Gasteiger partial charge is 0.0414 e. The lowest BCUT2D eigenvalue weighted by Gasteiger charge is -2.15. The molecule has 0 saturated carbocycles. The van der Waals surface area contributed by atoms with Crippen molar-refractivity contribution in [3.63, 3.8) is 0 Å². The van der Waals surface area contributed by atoms with Crippen molar-refractivity contribution in [1.82, 2.24) is 0 Å². The second-order valence-electron chi connectivity index (χ2n) is 5.21. The van der Waals surface area contributed by atoms with Crippen molar-refractivity contribution in [3.05, 3.63) is 6.92 Å². The van der Waals surface area contributed by atoms with E-state index in [9.17, 15) is 0 Å². The third-order valence-corrected chi connectivity index (χ3v) is 3.54. The number of hydrogen-bond donors (Lipinski definition) is 0. The molecule has 1 radical (unpaired) electrons. The standard InChI is InChI=1S/C16H33/c1-4-7-9-10-11-12-15-16(13-6-3)14-8-5-2/h16H,3-15H2,1-2H3. The highest BCUT2D eigenvalue weighted by Gasteiger charge is 2.06. The minimum Gasteiger partial charge on any atom is -0.0654 e. The van der Waals surface area contributed by atoms with E-state index < -0.39 is 0 Å². The summed E-state index contributed by atoms with van der Waals surface area (Å²) >= 11 is 0. The molecular weight excluding hydrogens is 192 g/mol. The molecular formula is C16H33. The lowest BCUT2D eigenvalue weighted by atomic mass is 9.91. The van der Waals surface area contributed by atoms with E-state index in [-0.39, 0.29) is 0 Å². The highest BCUT2D eigenvalue weighted by molar-refractivity contribution is 4.61. The summed E-state index contributed by atoms with van der Waals surface area (Å²) in [6, 6.07) is 0. The van der Waals surface area contributed by atoms with Gasteiger partial charge in [0.2, 0.25) is 0 Å². The number of unbranched alkanes of at least 4 members (excludes halogenated alkanes) is 6. The van der Waals surface area contributed by atoms with Crippen LogP contribution in [0.15, 0.2) is 0 Å². The molecule has 0 bridgehead atoms. The Bertz CT molecular complexity index is 117. The summed E-state index contributed by atoms with van der Waals surface area (Å²) in [5.74, 6) is 0.976. The van der Waals surface area contributed by atoms with Crippen LogP contribution >= 0.6 is 0 Å². The van der Waals surface area contributed by atoms with Crippen LogP contribution in [0, 0.1) is 12.8 Å². The van der Waals surface area contributed by atoms with Crippen molar-refractivity contribution in [2.75, 3.05) is 0 Å². The molecule has 16 heavy (non-hydrogen) atoms. The molecule has 0 aliphatic carbocycles. The van der Waals surface area contributed by atoms with E-state index in [1.807, 2.05) is 0 Å². The van der Waals surface area contributed by atoms with Crippen molar-refractivity contribution < 1.29 is 0 Å². The first-order valence-electron chi connectivity index (χ1n) is 7.64. The SMILES string of the molecule is [CH2]CCC(CCCC)CCCCCCCC. The average molecular weight is 225 g/mol. The number of hydrogen-bond acceptors (Lipinski definition) is 0. The molecule has 0 N–H and O–H groups in total. The van der Waals surface area contributed by atoms with Gasteiger partial charge in [-0.05, 0) is 5.92 Å². The van der Waals surface area contributed by atoms with Crippen LogP contribution < -0.4 is 0 Å². The third kappa shape index (κ3) is 10.5. The Morgan fingerprint density at radius 1 is 0.688 bits per heavy atom. The van der Waals surface area contributed by atoms with Gasteiger partial charge in [-0.25, -0.2) is 0 Å². The van der Waals surface area contributed by atoms with Crippen molar-refractivity contribution in [3.8, 4) is 0 Å². The molecule has 0 heteroatoms. The molecule has 0 aromatic rings. The Morgan fingerprint density at radius 3 is 1.88 bits per heavy atom. The largest absolute Gasteiger partial charge is 0.0654 e. The van der Waals surface area contributed by atoms with Crippen molar-refractivity contribution in [1.29, 1.82) is 0 Å². The lowest BCUT2D eigenvalue weighted by molar-refractivity contribution is 0.389. The van der Waals surface area contributed by atoms with E-state index in [0.717, 1.165) is 12.3 Å². The normalized spacial score (nSPS) is 12.9. The molecule has 0 amide bonds. The van der Waals surface area contributed by atoms with Crippen molar-refractivity contribution in [2.24, 2.45) is 5.92 Å². The summed E-state index contributed by atoms with van der Waals surface area (Å²) in [5.41, 5.74) is 0. The van der Waals surface area contributed by atoms with Gasteiger partial charge in [0.1, 0.15) is 0 Å². The van der Waals surface area contributed by atoms with E-state index in [1.165, 1.54) is 70.6 Å². The molecule has 0 nitrogen and oxygen atoms in total. The molecule has 0 saturated heterocycles. The minimum atomic E-state index is 0.976. The fraction of sp³-hybridized carbons (Fsp3) is 0.938. The van der Waals surface area contributed by atoms with Gasteiger partial charge in [-0.3, -0.25) is 0 Å². The van der Waals surface area contributed by atoms with Crippen LogP contribution in [0.3, 0.4) is 0 Å². The van der Waals surface area contributed by atoms with Gasteiger partial charge in [-0.15, -0.1) is 0 Å². The minimum absolute atomic E-state index is 0.976. The Labute approximate surface area is 104 Å². The van der Waals surface area contributed by atoms with Crippen LogP contribution in [-0.2, 0) is 0 Å². The lowest BCUT2D eigenvalue weighted by Crippen LogP contribution is -2.00. The second-order valence-corrected chi connectivity index (χ2v) is 5.21. The number of rotatable bonds is 12. The van der Waals surface area contributed by atoms with Gasteiger partial charge in [-0.2, -0.15) is 0 Å². The average Bonchev–Trinajstić information content (AvgIpc) is 2.30. The van der Waals surface area contributed by atoms with Gasteiger partial charge in [0.15, 0.2) is 0 Å². The maximum atomic E-state index is 4.00. The zero-order valence-electron chi connectivity index (χ0n) is 11.8. The summed E-state index contributed by atoms with van der Waals surface area (Å²) in [7, 11) is 0. The molecule has 0 aromatic carbocycles. The van der Waals surface area contributed by atoms with Crippen LogP contribution in [0.25, 0.3) is 0 Å². The fourth-order valence-corrected chi connectivity index (χ4v) is 2.43. The topological polar surface area (TPSA) is 0 Å². The first-order chi connectivity index (χ1) is 7.85. The predicted molar refractivity (Wildman–Crippen MR) is 75.6 cm³/mol. The van der Waals surface area contributed by atoms with Crippen LogP contribution in [0.4, 0.5) is 0 Å². The molecule has 0 rings (SSSR count). The first kappa shape index (κ1) is 16.0. The Balaban J connectivity index is 3.36. The summed E-state index contributed by atoms with van der Waals surface area (Å²) in [6.45, 7) is 8.59. The van der Waals surface area contributed by atoms with Gasteiger partial charge >= 0.3 is 0 Å². The highest BCUT2D eigenvalue weighted by atomic mass is 14.1. The predicted octanol–water partition coefficient (Wildman–Crippen LogP) is 6.16. The third-order valence-electron chi connectivity index (χ3n) is 3.54. The molecule has 1 unspecified atom stereocenters. The van der Waals surface area contributed by atoms with Gasteiger partial charge in [-0.1, -0.05) is 97.8 Å². The Morgan fingerprint density at radius 2 is 1.25 bits per heavy atom. The monoisotopic (exact) mass is 225 g/mol. The molecule has 0 heterocycles. The fourth-order valence-electron chi connectivity index (χ4n) is 2.43. The van der Waals surface area contributed by atoms with Gasteiger partial charge in [0.25, 0.3) is 0 Å². The van der Waals surface area contributed by atoms with Crippen LogP contribution in [0.5, 0.6) is 0 Å². The molecule has 0 spiro atoms. The molecule has 0 aliphatic rings. The van der Waals surface area contributed by atoms with Crippen LogP contribution in [0.1, 0.15) is 90.9 Å². The van der Waals surface area contributed by atoms with E-state index in [2.05, 4.69) is 20.8 Å². The molecule has 97 valence electrons. The van der Waals surface area contributed by atoms with Crippen molar-refractivity contribution >= 4 is 0 Å². The van der Waals surface area contributed by atoms with Crippen LogP contribution in [0.2, 0.25) is 0 Å². The zero-order valence-corrected chi connectivity index (χ0v) is 11.8. The van der Waals surface area contributed by atoms with E-state index in [4.69, 9.17) is 0 Å².